The Hall–Kier alpha value is -1.92. The number of halogens is 1. The van der Waals surface area contributed by atoms with Crippen LogP contribution in [0.25, 0.3) is 5.69 Å². The van der Waals surface area contributed by atoms with Crippen LogP contribution in [0, 0.1) is 0 Å². The van der Waals surface area contributed by atoms with Gasteiger partial charge in [-0.3, -0.25) is 4.79 Å². The first-order chi connectivity index (χ1) is 10.9. The lowest BCUT2D eigenvalue weighted by Crippen LogP contribution is -2.49. The number of nitrogens with zero attached hydrogens (tertiary/aromatic N) is 3. The van der Waals surface area contributed by atoms with E-state index < -0.39 is 5.54 Å². The SMILES string of the molecule is CCCc1nc(C(=O)NC(C)(C)CN)nn1-c1ccccc1Cl. The lowest BCUT2D eigenvalue weighted by atomic mass is 10.1. The monoisotopic (exact) mass is 335 g/mol. The van der Waals surface area contributed by atoms with Crippen molar-refractivity contribution in [1.82, 2.24) is 20.1 Å². The van der Waals surface area contributed by atoms with E-state index in [1.807, 2.05) is 39.0 Å². The van der Waals surface area contributed by atoms with E-state index in [0.717, 1.165) is 6.42 Å². The Labute approximate surface area is 141 Å². The number of rotatable bonds is 6. The van der Waals surface area contributed by atoms with Crippen molar-refractivity contribution >= 4 is 17.5 Å². The molecule has 1 aromatic carbocycles. The van der Waals surface area contributed by atoms with E-state index in [1.54, 1.807) is 10.7 Å². The van der Waals surface area contributed by atoms with Crippen molar-refractivity contribution < 1.29 is 4.79 Å². The van der Waals surface area contributed by atoms with Crippen molar-refractivity contribution in [3.63, 3.8) is 0 Å². The number of nitrogens with two attached hydrogens (primary N) is 1. The molecular weight excluding hydrogens is 314 g/mol. The summed E-state index contributed by atoms with van der Waals surface area (Å²) in [6.07, 6.45) is 1.59. The predicted octanol–water partition coefficient (Wildman–Crippen LogP) is 2.34. The Morgan fingerprint density at radius 1 is 1.39 bits per heavy atom. The molecule has 0 saturated heterocycles. The summed E-state index contributed by atoms with van der Waals surface area (Å²) in [5.74, 6) is 0.481. The summed E-state index contributed by atoms with van der Waals surface area (Å²) in [6, 6.07) is 7.35. The fourth-order valence-electron chi connectivity index (χ4n) is 2.06. The van der Waals surface area contributed by atoms with Gasteiger partial charge in [-0.15, -0.1) is 5.10 Å². The molecule has 2 aromatic rings. The van der Waals surface area contributed by atoms with Crippen LogP contribution in [0.2, 0.25) is 5.02 Å². The number of aryl methyl sites for hydroxylation is 1. The number of carbonyl (C=O) groups excluding carboxylic acids is 1. The predicted molar refractivity (Wildman–Crippen MR) is 91.0 cm³/mol. The first kappa shape index (κ1) is 17.4. The molecule has 0 aliphatic heterocycles. The van der Waals surface area contributed by atoms with Gasteiger partial charge < -0.3 is 11.1 Å². The maximum Gasteiger partial charge on any atom is 0.291 e. The van der Waals surface area contributed by atoms with E-state index in [1.165, 1.54) is 0 Å². The Kier molecular flexibility index (Phi) is 5.38. The molecule has 1 aromatic heterocycles. The minimum Gasteiger partial charge on any atom is -0.343 e. The van der Waals surface area contributed by atoms with Crippen LogP contribution in [-0.4, -0.2) is 32.8 Å². The topological polar surface area (TPSA) is 85.8 Å². The Morgan fingerprint density at radius 3 is 2.70 bits per heavy atom. The van der Waals surface area contributed by atoms with Crippen LogP contribution in [0.4, 0.5) is 0 Å². The third-order valence-corrected chi connectivity index (χ3v) is 3.71. The first-order valence-electron chi connectivity index (χ1n) is 7.61. The molecule has 0 unspecified atom stereocenters. The minimum absolute atomic E-state index is 0.120. The van der Waals surface area contributed by atoms with Crippen molar-refractivity contribution in [3.8, 4) is 5.69 Å². The van der Waals surface area contributed by atoms with E-state index in [-0.39, 0.29) is 11.7 Å². The second kappa shape index (κ2) is 7.10. The smallest absolute Gasteiger partial charge is 0.291 e. The van der Waals surface area contributed by atoms with E-state index >= 15 is 0 Å². The molecule has 0 aliphatic carbocycles. The first-order valence-corrected chi connectivity index (χ1v) is 7.99. The summed E-state index contributed by atoms with van der Waals surface area (Å²) in [6.45, 7) is 6.07. The van der Waals surface area contributed by atoms with Crippen LogP contribution < -0.4 is 11.1 Å². The maximum atomic E-state index is 12.4. The molecule has 0 atom stereocenters. The highest BCUT2D eigenvalue weighted by Crippen LogP contribution is 2.21. The van der Waals surface area contributed by atoms with Gasteiger partial charge in [0.25, 0.3) is 5.91 Å². The fourth-order valence-corrected chi connectivity index (χ4v) is 2.27. The Morgan fingerprint density at radius 2 is 2.09 bits per heavy atom. The van der Waals surface area contributed by atoms with Gasteiger partial charge in [-0.25, -0.2) is 9.67 Å². The molecule has 0 spiro atoms. The lowest BCUT2D eigenvalue weighted by Gasteiger charge is -2.23. The van der Waals surface area contributed by atoms with E-state index in [0.29, 0.717) is 29.5 Å². The number of hydrogen-bond acceptors (Lipinski definition) is 4. The highest BCUT2D eigenvalue weighted by Gasteiger charge is 2.23. The second-order valence-electron chi connectivity index (χ2n) is 6.01. The van der Waals surface area contributed by atoms with Crippen molar-refractivity contribution in [2.24, 2.45) is 5.73 Å². The molecule has 0 fully saturated rings. The molecule has 7 heteroatoms. The third-order valence-electron chi connectivity index (χ3n) is 3.39. The maximum absolute atomic E-state index is 12.4. The zero-order valence-corrected chi connectivity index (χ0v) is 14.4. The summed E-state index contributed by atoms with van der Waals surface area (Å²) >= 11 is 6.24. The van der Waals surface area contributed by atoms with Gasteiger partial charge in [0.15, 0.2) is 0 Å². The number of amides is 1. The normalized spacial score (nSPS) is 11.5. The van der Waals surface area contributed by atoms with Crippen LogP contribution in [0.1, 0.15) is 43.6 Å². The van der Waals surface area contributed by atoms with Gasteiger partial charge in [-0.05, 0) is 32.4 Å². The molecule has 1 amide bonds. The molecule has 124 valence electrons. The number of hydrogen-bond donors (Lipinski definition) is 2. The average Bonchev–Trinajstić information content (AvgIpc) is 2.92. The molecule has 1 heterocycles. The minimum atomic E-state index is -0.516. The molecule has 3 N–H and O–H groups in total. The number of aromatic nitrogens is 3. The van der Waals surface area contributed by atoms with Gasteiger partial charge in [0.1, 0.15) is 5.82 Å². The Bertz CT molecular complexity index is 696. The molecule has 2 rings (SSSR count). The van der Waals surface area contributed by atoms with Gasteiger partial charge in [-0.2, -0.15) is 0 Å². The number of benzene rings is 1. The Balaban J connectivity index is 2.39. The van der Waals surface area contributed by atoms with Gasteiger partial charge in [0.2, 0.25) is 5.82 Å². The quantitative estimate of drug-likeness (QED) is 0.848. The van der Waals surface area contributed by atoms with Crippen LogP contribution in [-0.2, 0) is 6.42 Å². The van der Waals surface area contributed by atoms with E-state index in [4.69, 9.17) is 17.3 Å². The third kappa shape index (κ3) is 4.09. The second-order valence-corrected chi connectivity index (χ2v) is 6.41. The summed E-state index contributed by atoms with van der Waals surface area (Å²) in [4.78, 5) is 16.7. The van der Waals surface area contributed by atoms with Crippen LogP contribution in [0.15, 0.2) is 24.3 Å². The molecule has 0 radical (unpaired) electrons. The molecule has 6 nitrogen and oxygen atoms in total. The lowest BCUT2D eigenvalue weighted by molar-refractivity contribution is 0.0905. The van der Waals surface area contributed by atoms with Crippen LogP contribution >= 0.6 is 11.6 Å². The molecule has 23 heavy (non-hydrogen) atoms. The van der Waals surface area contributed by atoms with Crippen LogP contribution in [0.3, 0.4) is 0 Å². The van der Waals surface area contributed by atoms with Crippen molar-refractivity contribution in [2.45, 2.75) is 39.2 Å². The summed E-state index contributed by atoms with van der Waals surface area (Å²) < 4.78 is 1.64. The summed E-state index contributed by atoms with van der Waals surface area (Å²) in [5.41, 5.74) is 5.84. The fraction of sp³-hybridized carbons (Fsp3) is 0.438. The van der Waals surface area contributed by atoms with Crippen molar-refractivity contribution in [3.05, 3.63) is 40.9 Å². The highest BCUT2D eigenvalue weighted by molar-refractivity contribution is 6.32. The van der Waals surface area contributed by atoms with E-state index in [9.17, 15) is 4.79 Å². The zero-order chi connectivity index (χ0) is 17.0. The molecule has 0 saturated carbocycles. The van der Waals surface area contributed by atoms with E-state index in [2.05, 4.69) is 15.4 Å². The molecule has 0 aliphatic rings. The molecular formula is C16H22ClN5O. The highest BCUT2D eigenvalue weighted by atomic mass is 35.5. The van der Waals surface area contributed by atoms with Gasteiger partial charge in [-0.1, -0.05) is 30.7 Å². The van der Waals surface area contributed by atoms with Gasteiger partial charge in [0, 0.05) is 18.5 Å². The molecule has 0 bridgehead atoms. The average molecular weight is 336 g/mol. The summed E-state index contributed by atoms with van der Waals surface area (Å²) in [5, 5.41) is 7.74. The van der Waals surface area contributed by atoms with Gasteiger partial charge in [0.05, 0.1) is 10.7 Å². The number of nitrogens with one attached hydrogen (secondary N) is 1. The number of carbonyl (C=O) groups is 1. The summed E-state index contributed by atoms with van der Waals surface area (Å²) in [7, 11) is 0. The van der Waals surface area contributed by atoms with Crippen LogP contribution in [0.5, 0.6) is 0 Å². The van der Waals surface area contributed by atoms with Crippen molar-refractivity contribution in [2.75, 3.05) is 6.54 Å². The van der Waals surface area contributed by atoms with Crippen molar-refractivity contribution in [1.29, 1.82) is 0 Å². The zero-order valence-electron chi connectivity index (χ0n) is 13.6. The van der Waals surface area contributed by atoms with Gasteiger partial charge >= 0.3 is 0 Å². The standard InChI is InChI=1S/C16H22ClN5O/c1-4-7-13-19-14(15(23)20-16(2,3)10-18)21-22(13)12-9-6-5-8-11(12)17/h5-6,8-9H,4,7,10,18H2,1-3H3,(H,20,23). The number of para-hydroxylation sites is 1. The largest absolute Gasteiger partial charge is 0.343 e.